The molecule has 0 radical (unpaired) electrons. The van der Waals surface area contributed by atoms with Crippen molar-refractivity contribution in [1.29, 1.82) is 0 Å². The number of hydrogen-bond acceptors (Lipinski definition) is 2. The second kappa shape index (κ2) is 6.30. The first-order valence-corrected chi connectivity index (χ1v) is 7.57. The van der Waals surface area contributed by atoms with E-state index in [1.807, 2.05) is 32.2 Å². The minimum atomic E-state index is -0.231. The van der Waals surface area contributed by atoms with E-state index in [0.717, 1.165) is 23.5 Å². The number of fused-ring (bicyclic) bond motifs is 1. The topological polar surface area (TPSA) is 38.8 Å². The predicted molar refractivity (Wildman–Crippen MR) is 86.9 cm³/mol. The van der Waals surface area contributed by atoms with E-state index >= 15 is 0 Å². The van der Waals surface area contributed by atoms with Crippen LogP contribution in [-0.4, -0.2) is 16.4 Å². The largest absolute Gasteiger partial charge is 0.329 e. The van der Waals surface area contributed by atoms with E-state index < -0.39 is 0 Å². The van der Waals surface area contributed by atoms with Crippen molar-refractivity contribution in [3.63, 3.8) is 0 Å². The van der Waals surface area contributed by atoms with Gasteiger partial charge in [-0.15, -0.1) is 0 Å². The molecule has 1 N–H and O–H groups in total. The molecular formula is C18H19FN3O+. The van der Waals surface area contributed by atoms with Gasteiger partial charge < -0.3 is 4.90 Å². The summed E-state index contributed by atoms with van der Waals surface area (Å²) in [6, 6.07) is 13.7. The lowest BCUT2D eigenvalue weighted by molar-refractivity contribution is -0.908. The van der Waals surface area contributed by atoms with Crippen LogP contribution in [0.15, 0.2) is 53.3 Å². The normalized spacial score (nSPS) is 12.5. The molecular weight excluding hydrogens is 293 g/mol. The molecule has 118 valence electrons. The first-order valence-electron chi connectivity index (χ1n) is 7.57. The van der Waals surface area contributed by atoms with Gasteiger partial charge in [0.15, 0.2) is 0 Å². The first kappa shape index (κ1) is 15.4. The van der Waals surface area contributed by atoms with Crippen molar-refractivity contribution in [1.82, 2.24) is 9.38 Å². The molecule has 3 aromatic rings. The van der Waals surface area contributed by atoms with Crippen LogP contribution in [0.5, 0.6) is 0 Å². The minimum Gasteiger partial charge on any atom is -0.329 e. The van der Waals surface area contributed by atoms with Gasteiger partial charge in [-0.05, 0) is 31.2 Å². The highest BCUT2D eigenvalue weighted by atomic mass is 19.1. The summed E-state index contributed by atoms with van der Waals surface area (Å²) in [6.07, 6.45) is 0. The standard InChI is InChI=1S/C18H18FN3O/c1-13-4-3-5-17-20-16(10-18(23)22(13)17)12-21(2)11-14-6-8-15(19)9-7-14/h3-10H,11-12H2,1-2H3/p+1. The van der Waals surface area contributed by atoms with E-state index in [2.05, 4.69) is 4.98 Å². The molecule has 5 heteroatoms. The summed E-state index contributed by atoms with van der Waals surface area (Å²) in [4.78, 5) is 18.0. The lowest BCUT2D eigenvalue weighted by Gasteiger charge is -2.14. The van der Waals surface area contributed by atoms with Gasteiger partial charge in [-0.25, -0.2) is 9.37 Å². The number of quaternary nitrogens is 1. The molecule has 0 bridgehead atoms. The Labute approximate surface area is 133 Å². The quantitative estimate of drug-likeness (QED) is 0.790. The number of nitrogens with zero attached hydrogens (tertiary/aromatic N) is 2. The van der Waals surface area contributed by atoms with Gasteiger partial charge in [0.2, 0.25) is 0 Å². The van der Waals surface area contributed by atoms with Gasteiger partial charge in [-0.3, -0.25) is 9.20 Å². The Balaban J connectivity index is 1.81. The summed E-state index contributed by atoms with van der Waals surface area (Å²) >= 11 is 0. The molecule has 0 amide bonds. The Kier molecular flexibility index (Phi) is 4.21. The van der Waals surface area contributed by atoms with Crippen molar-refractivity contribution in [3.8, 4) is 0 Å². The van der Waals surface area contributed by atoms with E-state index in [1.165, 1.54) is 17.0 Å². The molecule has 0 fully saturated rings. The summed E-state index contributed by atoms with van der Waals surface area (Å²) in [6.45, 7) is 3.27. The number of aromatic nitrogens is 2. The monoisotopic (exact) mass is 312 g/mol. The highest BCUT2D eigenvalue weighted by Crippen LogP contribution is 2.03. The zero-order chi connectivity index (χ0) is 16.4. The molecule has 0 aliphatic heterocycles. The van der Waals surface area contributed by atoms with Crippen LogP contribution in [0.25, 0.3) is 5.65 Å². The summed E-state index contributed by atoms with van der Waals surface area (Å²) in [5, 5.41) is 0. The van der Waals surface area contributed by atoms with Gasteiger partial charge in [-0.1, -0.05) is 18.2 Å². The zero-order valence-corrected chi connectivity index (χ0v) is 13.2. The molecule has 3 rings (SSSR count). The number of halogens is 1. The minimum absolute atomic E-state index is 0.0577. The number of benzene rings is 1. The Morgan fingerprint density at radius 2 is 1.87 bits per heavy atom. The molecule has 4 nitrogen and oxygen atoms in total. The molecule has 0 spiro atoms. The highest BCUT2D eigenvalue weighted by molar-refractivity contribution is 5.40. The third-order valence-electron chi connectivity index (χ3n) is 3.84. The van der Waals surface area contributed by atoms with E-state index in [4.69, 9.17) is 0 Å². The molecule has 0 aliphatic carbocycles. The number of nitrogens with one attached hydrogen (secondary N) is 1. The molecule has 2 aromatic heterocycles. The molecule has 1 unspecified atom stereocenters. The molecule has 23 heavy (non-hydrogen) atoms. The molecule has 0 saturated heterocycles. The van der Waals surface area contributed by atoms with Crippen LogP contribution in [0.1, 0.15) is 17.0 Å². The van der Waals surface area contributed by atoms with Crippen molar-refractivity contribution >= 4 is 5.65 Å². The van der Waals surface area contributed by atoms with Crippen molar-refractivity contribution in [2.75, 3.05) is 7.05 Å². The van der Waals surface area contributed by atoms with Crippen LogP contribution in [-0.2, 0) is 13.1 Å². The molecule has 2 heterocycles. The Morgan fingerprint density at radius 1 is 1.13 bits per heavy atom. The molecule has 1 aromatic carbocycles. The van der Waals surface area contributed by atoms with Gasteiger partial charge in [0.25, 0.3) is 5.56 Å². The van der Waals surface area contributed by atoms with Crippen LogP contribution >= 0.6 is 0 Å². The fourth-order valence-electron chi connectivity index (χ4n) is 2.78. The molecule has 1 atom stereocenters. The van der Waals surface area contributed by atoms with E-state index in [1.54, 1.807) is 22.6 Å². The van der Waals surface area contributed by atoms with Crippen LogP contribution < -0.4 is 10.5 Å². The maximum Gasteiger partial charge on any atom is 0.258 e. The maximum atomic E-state index is 12.9. The number of pyridine rings is 1. The lowest BCUT2D eigenvalue weighted by Crippen LogP contribution is -3.06. The maximum absolute atomic E-state index is 12.9. The van der Waals surface area contributed by atoms with Crippen molar-refractivity contribution in [3.05, 3.63) is 81.7 Å². The zero-order valence-electron chi connectivity index (χ0n) is 13.2. The second-order valence-electron chi connectivity index (χ2n) is 5.88. The highest BCUT2D eigenvalue weighted by Gasteiger charge is 2.10. The average Bonchev–Trinajstić information content (AvgIpc) is 2.49. The Bertz CT molecular complexity index is 887. The Hall–Kier alpha value is -2.53. The number of aryl methyl sites for hydroxylation is 1. The number of rotatable bonds is 4. The molecule has 0 aliphatic rings. The van der Waals surface area contributed by atoms with Gasteiger partial charge in [-0.2, -0.15) is 0 Å². The fraction of sp³-hybridized carbons (Fsp3) is 0.222. The SMILES string of the molecule is Cc1cccc2nc(C[NH+](C)Cc3ccc(F)cc3)cc(=O)n12. The van der Waals surface area contributed by atoms with E-state index in [-0.39, 0.29) is 11.4 Å². The van der Waals surface area contributed by atoms with Crippen LogP contribution in [0.3, 0.4) is 0 Å². The summed E-state index contributed by atoms with van der Waals surface area (Å²) in [5.41, 5.74) is 3.30. The van der Waals surface area contributed by atoms with Crippen LogP contribution in [0, 0.1) is 12.7 Å². The van der Waals surface area contributed by atoms with Gasteiger partial charge in [0, 0.05) is 17.3 Å². The second-order valence-corrected chi connectivity index (χ2v) is 5.88. The third kappa shape index (κ3) is 3.46. The lowest BCUT2D eigenvalue weighted by atomic mass is 10.2. The first-order chi connectivity index (χ1) is 11.0. The van der Waals surface area contributed by atoms with Crippen molar-refractivity contribution < 1.29 is 9.29 Å². The summed E-state index contributed by atoms with van der Waals surface area (Å²) in [7, 11) is 2.03. The van der Waals surface area contributed by atoms with Crippen molar-refractivity contribution in [2.45, 2.75) is 20.0 Å². The predicted octanol–water partition coefficient (Wildman–Crippen LogP) is 1.36. The van der Waals surface area contributed by atoms with Crippen molar-refractivity contribution in [2.24, 2.45) is 0 Å². The van der Waals surface area contributed by atoms with Gasteiger partial charge in [0.05, 0.1) is 7.05 Å². The van der Waals surface area contributed by atoms with Gasteiger partial charge in [0.1, 0.15) is 30.2 Å². The van der Waals surface area contributed by atoms with Gasteiger partial charge >= 0.3 is 0 Å². The Morgan fingerprint density at radius 3 is 2.61 bits per heavy atom. The van der Waals surface area contributed by atoms with E-state index in [0.29, 0.717) is 12.2 Å². The smallest absolute Gasteiger partial charge is 0.258 e. The fourth-order valence-corrected chi connectivity index (χ4v) is 2.78. The number of hydrogen-bond donors (Lipinski definition) is 1. The third-order valence-corrected chi connectivity index (χ3v) is 3.84. The summed E-state index contributed by atoms with van der Waals surface area (Å²) in [5.74, 6) is -0.231. The molecule has 0 saturated carbocycles. The summed E-state index contributed by atoms with van der Waals surface area (Å²) < 4.78 is 14.6. The van der Waals surface area contributed by atoms with Crippen LogP contribution in [0.2, 0.25) is 0 Å². The average molecular weight is 312 g/mol. The van der Waals surface area contributed by atoms with Crippen LogP contribution in [0.4, 0.5) is 4.39 Å². The van der Waals surface area contributed by atoms with E-state index in [9.17, 15) is 9.18 Å².